The number of unbranched alkanes of at least 4 members (excludes halogenated alkanes) is 4. The Balaban J connectivity index is 1.63. The largest absolute Gasteiger partial charge is 0.342 e. The third-order valence-corrected chi connectivity index (χ3v) is 5.52. The SMILES string of the molecule is CCCCCCC=C(Nc1cccc2ccccc12)Nc1cccc2ccccc12. The number of rotatable bonds is 9. The highest BCUT2D eigenvalue weighted by molar-refractivity contribution is 5.96. The van der Waals surface area contributed by atoms with Gasteiger partial charge in [0, 0.05) is 22.1 Å². The zero-order valence-corrected chi connectivity index (χ0v) is 17.7. The summed E-state index contributed by atoms with van der Waals surface area (Å²) in [4.78, 5) is 0. The van der Waals surface area contributed by atoms with Gasteiger partial charge in [-0.3, -0.25) is 0 Å². The smallest absolute Gasteiger partial charge is 0.103 e. The van der Waals surface area contributed by atoms with E-state index >= 15 is 0 Å². The van der Waals surface area contributed by atoms with E-state index in [1.54, 1.807) is 0 Å². The van der Waals surface area contributed by atoms with Gasteiger partial charge in [-0.25, -0.2) is 0 Å². The molecule has 0 aromatic heterocycles. The van der Waals surface area contributed by atoms with E-state index in [1.807, 2.05) is 0 Å². The predicted molar refractivity (Wildman–Crippen MR) is 132 cm³/mol. The fourth-order valence-corrected chi connectivity index (χ4v) is 3.91. The average molecular weight is 395 g/mol. The van der Waals surface area contributed by atoms with E-state index in [4.69, 9.17) is 0 Å². The van der Waals surface area contributed by atoms with Gasteiger partial charge in [-0.1, -0.05) is 99.0 Å². The molecule has 0 aliphatic heterocycles. The highest BCUT2D eigenvalue weighted by Gasteiger charge is 2.06. The highest BCUT2D eigenvalue weighted by atomic mass is 15.1. The monoisotopic (exact) mass is 394 g/mol. The fourth-order valence-electron chi connectivity index (χ4n) is 3.91. The number of nitrogens with one attached hydrogen (secondary N) is 2. The number of benzene rings is 4. The molecule has 0 aliphatic rings. The molecule has 2 N–H and O–H groups in total. The van der Waals surface area contributed by atoms with Crippen LogP contribution in [0.1, 0.15) is 39.0 Å². The first kappa shape index (κ1) is 20.0. The average Bonchev–Trinajstić information content (AvgIpc) is 2.79. The molecule has 4 aromatic rings. The van der Waals surface area contributed by atoms with Crippen molar-refractivity contribution in [1.82, 2.24) is 0 Å². The van der Waals surface area contributed by atoms with Gasteiger partial charge in [0.2, 0.25) is 0 Å². The van der Waals surface area contributed by atoms with Gasteiger partial charge in [0.25, 0.3) is 0 Å². The lowest BCUT2D eigenvalue weighted by Gasteiger charge is -2.17. The first-order valence-electron chi connectivity index (χ1n) is 11.0. The maximum Gasteiger partial charge on any atom is 0.103 e. The molecule has 0 fully saturated rings. The lowest BCUT2D eigenvalue weighted by molar-refractivity contribution is 0.673. The molecule has 0 bridgehead atoms. The van der Waals surface area contributed by atoms with Crippen LogP contribution < -0.4 is 10.6 Å². The van der Waals surface area contributed by atoms with Crippen LogP contribution in [0.15, 0.2) is 96.8 Å². The zero-order valence-electron chi connectivity index (χ0n) is 17.7. The molecule has 0 amide bonds. The Morgan fingerprint density at radius 3 is 1.73 bits per heavy atom. The molecule has 0 unspecified atom stereocenters. The second kappa shape index (κ2) is 9.98. The van der Waals surface area contributed by atoms with Crippen molar-refractivity contribution in [2.45, 2.75) is 39.0 Å². The molecule has 4 aromatic carbocycles. The third-order valence-electron chi connectivity index (χ3n) is 5.52. The third kappa shape index (κ3) is 4.83. The normalized spacial score (nSPS) is 10.8. The van der Waals surface area contributed by atoms with Crippen molar-refractivity contribution >= 4 is 32.9 Å². The number of hydrogen-bond donors (Lipinski definition) is 2. The topological polar surface area (TPSA) is 24.1 Å². The minimum atomic E-state index is 1.04. The van der Waals surface area contributed by atoms with E-state index in [9.17, 15) is 0 Å². The van der Waals surface area contributed by atoms with Crippen molar-refractivity contribution < 1.29 is 0 Å². The van der Waals surface area contributed by atoms with E-state index in [-0.39, 0.29) is 0 Å². The Morgan fingerprint density at radius 1 is 0.633 bits per heavy atom. The fraction of sp³-hybridized carbons (Fsp3) is 0.214. The van der Waals surface area contributed by atoms with Crippen LogP contribution in [0.4, 0.5) is 11.4 Å². The molecule has 0 heterocycles. The molecule has 4 rings (SSSR count). The Kier molecular flexibility index (Phi) is 6.66. The van der Waals surface area contributed by atoms with Crippen LogP contribution in [0.5, 0.6) is 0 Å². The first-order chi connectivity index (χ1) is 14.8. The van der Waals surface area contributed by atoms with Crippen molar-refractivity contribution in [2.24, 2.45) is 0 Å². The lowest BCUT2D eigenvalue weighted by Crippen LogP contribution is -2.10. The maximum absolute atomic E-state index is 3.68. The summed E-state index contributed by atoms with van der Waals surface area (Å²) in [6, 6.07) is 29.9. The Bertz CT molecular complexity index is 1050. The number of allylic oxidation sites excluding steroid dienone is 1. The van der Waals surface area contributed by atoms with Gasteiger partial charge >= 0.3 is 0 Å². The summed E-state index contributed by atoms with van der Waals surface area (Å²) in [6.45, 7) is 2.26. The van der Waals surface area contributed by atoms with Gasteiger partial charge in [-0.15, -0.1) is 0 Å². The van der Waals surface area contributed by atoms with Crippen LogP contribution >= 0.6 is 0 Å². The lowest BCUT2D eigenvalue weighted by atomic mass is 10.1. The molecule has 2 heteroatoms. The molecular weight excluding hydrogens is 364 g/mol. The molecule has 0 saturated carbocycles. The second-order valence-electron chi connectivity index (χ2n) is 7.77. The Hall–Kier alpha value is -3.26. The van der Waals surface area contributed by atoms with Crippen molar-refractivity contribution in [3.63, 3.8) is 0 Å². The van der Waals surface area contributed by atoms with E-state index in [0.717, 1.165) is 23.6 Å². The van der Waals surface area contributed by atoms with Crippen LogP contribution in [0.3, 0.4) is 0 Å². The number of anilines is 2. The summed E-state index contributed by atoms with van der Waals surface area (Å²) >= 11 is 0. The minimum absolute atomic E-state index is 1.04. The van der Waals surface area contributed by atoms with Gasteiger partial charge in [0.1, 0.15) is 5.82 Å². The highest BCUT2D eigenvalue weighted by Crippen LogP contribution is 2.27. The summed E-state index contributed by atoms with van der Waals surface area (Å²) in [5.74, 6) is 1.04. The second-order valence-corrected chi connectivity index (χ2v) is 7.77. The molecule has 0 radical (unpaired) electrons. The first-order valence-corrected chi connectivity index (χ1v) is 11.0. The molecule has 2 nitrogen and oxygen atoms in total. The summed E-state index contributed by atoms with van der Waals surface area (Å²) in [5, 5.41) is 12.3. The quantitative estimate of drug-likeness (QED) is 0.279. The van der Waals surface area contributed by atoms with Gasteiger partial charge in [0.05, 0.1) is 0 Å². The molecule has 0 atom stereocenters. The Morgan fingerprint density at radius 2 is 1.17 bits per heavy atom. The summed E-state index contributed by atoms with van der Waals surface area (Å²) in [6.07, 6.45) is 8.43. The van der Waals surface area contributed by atoms with E-state index in [1.165, 1.54) is 47.2 Å². The molecule has 0 saturated heterocycles. The van der Waals surface area contributed by atoms with E-state index in [2.05, 4.69) is 109 Å². The van der Waals surface area contributed by atoms with Gasteiger partial charge in [0.15, 0.2) is 0 Å². The Labute approximate surface area is 179 Å². The number of fused-ring (bicyclic) bond motifs is 2. The number of hydrogen-bond acceptors (Lipinski definition) is 2. The van der Waals surface area contributed by atoms with Crippen LogP contribution in [-0.2, 0) is 0 Å². The van der Waals surface area contributed by atoms with E-state index in [0.29, 0.717) is 0 Å². The maximum atomic E-state index is 3.68. The van der Waals surface area contributed by atoms with Crippen molar-refractivity contribution in [1.29, 1.82) is 0 Å². The van der Waals surface area contributed by atoms with E-state index < -0.39 is 0 Å². The van der Waals surface area contributed by atoms with Crippen LogP contribution in [0, 0.1) is 0 Å². The van der Waals surface area contributed by atoms with Crippen LogP contribution in [-0.4, -0.2) is 0 Å². The molecule has 0 aliphatic carbocycles. The van der Waals surface area contributed by atoms with Gasteiger partial charge in [-0.05, 0) is 41.8 Å². The van der Waals surface area contributed by atoms with Crippen molar-refractivity contribution in [3.05, 3.63) is 96.8 Å². The molecule has 30 heavy (non-hydrogen) atoms. The van der Waals surface area contributed by atoms with Crippen molar-refractivity contribution in [3.8, 4) is 0 Å². The summed E-state index contributed by atoms with van der Waals surface area (Å²) in [5.41, 5.74) is 2.25. The molecule has 152 valence electrons. The summed E-state index contributed by atoms with van der Waals surface area (Å²) in [7, 11) is 0. The summed E-state index contributed by atoms with van der Waals surface area (Å²) < 4.78 is 0. The van der Waals surface area contributed by atoms with Gasteiger partial charge in [-0.2, -0.15) is 0 Å². The standard InChI is InChI=1S/C28H30N2/c1-2-3-4-5-6-21-28(29-26-19-11-15-22-13-7-9-17-24(22)26)30-27-20-12-16-23-14-8-10-18-25(23)27/h7-21,29-30H,2-6H2,1H3. The molecule has 0 spiro atoms. The molecular formula is C28H30N2. The van der Waals surface area contributed by atoms with Crippen LogP contribution in [0.25, 0.3) is 21.5 Å². The van der Waals surface area contributed by atoms with Crippen molar-refractivity contribution in [2.75, 3.05) is 10.6 Å². The predicted octanol–water partition coefficient (Wildman–Crippen LogP) is 8.33. The van der Waals surface area contributed by atoms with Gasteiger partial charge < -0.3 is 10.6 Å². The van der Waals surface area contributed by atoms with Crippen LogP contribution in [0.2, 0.25) is 0 Å². The zero-order chi connectivity index (χ0) is 20.6. The minimum Gasteiger partial charge on any atom is -0.342 e.